The van der Waals surface area contributed by atoms with Gasteiger partial charge in [-0.2, -0.15) is 0 Å². The largest absolute Gasteiger partial charge is 0.305 e. The Hall–Kier alpha value is -1.99. The molecule has 2 aromatic heterocycles. The van der Waals surface area contributed by atoms with E-state index in [0.29, 0.717) is 21.6 Å². The highest BCUT2D eigenvalue weighted by Crippen LogP contribution is 2.20. The molecule has 0 atom stereocenters. The second-order valence-corrected chi connectivity index (χ2v) is 7.28. The summed E-state index contributed by atoms with van der Waals surface area (Å²) in [6, 6.07) is 8.05. The molecule has 0 fully saturated rings. The van der Waals surface area contributed by atoms with E-state index in [9.17, 15) is 13.2 Å². The van der Waals surface area contributed by atoms with Crippen LogP contribution in [-0.2, 0) is 9.84 Å². The van der Waals surface area contributed by atoms with Gasteiger partial charge in [0.05, 0.1) is 10.4 Å². The molecule has 0 saturated heterocycles. The SMILES string of the molecule is CS(=O)(=O)c1ccc(-c2nc3ccsc3c(=O)[nH]2)cc1. The second kappa shape index (κ2) is 4.53. The molecule has 0 spiro atoms. The lowest BCUT2D eigenvalue weighted by Crippen LogP contribution is -2.07. The summed E-state index contributed by atoms with van der Waals surface area (Å²) in [4.78, 5) is 19.2. The molecule has 5 nitrogen and oxygen atoms in total. The van der Waals surface area contributed by atoms with Crippen molar-refractivity contribution in [2.45, 2.75) is 4.90 Å². The molecule has 0 radical (unpaired) electrons. The van der Waals surface area contributed by atoms with E-state index in [1.807, 2.05) is 5.38 Å². The van der Waals surface area contributed by atoms with E-state index in [0.717, 1.165) is 6.26 Å². The summed E-state index contributed by atoms with van der Waals surface area (Å²) in [6.45, 7) is 0. The molecule has 2 heterocycles. The smallest absolute Gasteiger partial charge is 0.269 e. The summed E-state index contributed by atoms with van der Waals surface area (Å²) in [5, 5.41) is 1.81. The van der Waals surface area contributed by atoms with Crippen LogP contribution in [0, 0.1) is 0 Å². The van der Waals surface area contributed by atoms with Crippen molar-refractivity contribution in [3.05, 3.63) is 46.1 Å². The van der Waals surface area contributed by atoms with Crippen molar-refractivity contribution in [2.24, 2.45) is 0 Å². The Bertz CT molecular complexity index is 938. The minimum Gasteiger partial charge on any atom is -0.305 e. The number of benzene rings is 1. The Morgan fingerprint density at radius 3 is 2.50 bits per heavy atom. The number of nitrogens with one attached hydrogen (secondary N) is 1. The third-order valence-corrected chi connectivity index (χ3v) is 4.90. The summed E-state index contributed by atoms with van der Waals surface area (Å²) in [5.74, 6) is 0.431. The zero-order chi connectivity index (χ0) is 14.3. The molecule has 3 aromatic rings. The van der Waals surface area contributed by atoms with Crippen LogP contribution in [0.25, 0.3) is 21.6 Å². The van der Waals surface area contributed by atoms with E-state index >= 15 is 0 Å². The highest BCUT2D eigenvalue weighted by Gasteiger charge is 2.09. The maximum Gasteiger partial charge on any atom is 0.269 e. The van der Waals surface area contributed by atoms with Gasteiger partial charge in [0.25, 0.3) is 5.56 Å². The van der Waals surface area contributed by atoms with Crippen LogP contribution in [0.5, 0.6) is 0 Å². The molecule has 0 aliphatic rings. The van der Waals surface area contributed by atoms with Gasteiger partial charge < -0.3 is 4.98 Å². The number of rotatable bonds is 2. The van der Waals surface area contributed by atoms with E-state index in [-0.39, 0.29) is 10.5 Å². The first-order chi connectivity index (χ1) is 9.45. The lowest BCUT2D eigenvalue weighted by Gasteiger charge is -2.03. The van der Waals surface area contributed by atoms with Gasteiger partial charge in [0.1, 0.15) is 10.5 Å². The molecule has 3 rings (SSSR count). The topological polar surface area (TPSA) is 79.9 Å². The summed E-state index contributed by atoms with van der Waals surface area (Å²) < 4.78 is 23.4. The van der Waals surface area contributed by atoms with Crippen LogP contribution in [0.1, 0.15) is 0 Å². The van der Waals surface area contributed by atoms with Gasteiger partial charge in [-0.15, -0.1) is 11.3 Å². The molecule has 0 unspecified atom stereocenters. The van der Waals surface area contributed by atoms with Gasteiger partial charge in [0.2, 0.25) is 0 Å². The first-order valence-corrected chi connectivity index (χ1v) is 8.50. The third-order valence-electron chi connectivity index (χ3n) is 2.87. The highest BCUT2D eigenvalue weighted by atomic mass is 32.2. The van der Waals surface area contributed by atoms with Gasteiger partial charge in [-0.05, 0) is 35.7 Å². The Morgan fingerprint density at radius 1 is 1.15 bits per heavy atom. The number of hydrogen-bond acceptors (Lipinski definition) is 5. The van der Waals surface area contributed by atoms with Gasteiger partial charge >= 0.3 is 0 Å². The molecule has 0 amide bonds. The number of hydrogen-bond donors (Lipinski definition) is 1. The first kappa shape index (κ1) is 13.0. The van der Waals surface area contributed by atoms with Crippen LogP contribution in [0.15, 0.2) is 45.4 Å². The molecule has 1 aromatic carbocycles. The quantitative estimate of drug-likeness (QED) is 0.786. The monoisotopic (exact) mass is 306 g/mol. The lowest BCUT2D eigenvalue weighted by molar-refractivity contribution is 0.602. The number of thiophene rings is 1. The van der Waals surface area contributed by atoms with Crippen molar-refractivity contribution in [1.29, 1.82) is 0 Å². The van der Waals surface area contributed by atoms with Crippen molar-refractivity contribution >= 4 is 31.4 Å². The average Bonchev–Trinajstić information content (AvgIpc) is 2.86. The van der Waals surface area contributed by atoms with Gasteiger partial charge in [0.15, 0.2) is 9.84 Å². The van der Waals surface area contributed by atoms with Crippen LogP contribution < -0.4 is 5.56 Å². The normalized spacial score (nSPS) is 11.8. The van der Waals surface area contributed by atoms with Crippen LogP contribution in [0.2, 0.25) is 0 Å². The number of fused-ring (bicyclic) bond motifs is 1. The maximum absolute atomic E-state index is 11.9. The zero-order valence-electron chi connectivity index (χ0n) is 10.5. The van der Waals surface area contributed by atoms with Crippen molar-refractivity contribution in [3.8, 4) is 11.4 Å². The van der Waals surface area contributed by atoms with Crippen molar-refractivity contribution in [1.82, 2.24) is 9.97 Å². The van der Waals surface area contributed by atoms with Crippen LogP contribution in [-0.4, -0.2) is 24.6 Å². The predicted molar refractivity (Wildman–Crippen MR) is 78.8 cm³/mol. The van der Waals surface area contributed by atoms with Gasteiger partial charge in [-0.1, -0.05) is 0 Å². The molecule has 20 heavy (non-hydrogen) atoms. The van der Waals surface area contributed by atoms with Gasteiger partial charge in [-0.25, -0.2) is 13.4 Å². The van der Waals surface area contributed by atoms with E-state index in [2.05, 4.69) is 9.97 Å². The molecule has 0 aliphatic heterocycles. The molecular formula is C13H10N2O3S2. The summed E-state index contributed by atoms with van der Waals surface area (Å²) in [6.07, 6.45) is 1.15. The summed E-state index contributed by atoms with van der Waals surface area (Å²) in [5.41, 5.74) is 1.12. The van der Waals surface area contributed by atoms with Gasteiger partial charge in [0, 0.05) is 11.8 Å². The third kappa shape index (κ3) is 2.25. The number of aromatic nitrogens is 2. The van der Waals surface area contributed by atoms with Crippen molar-refractivity contribution < 1.29 is 8.42 Å². The number of H-pyrrole nitrogens is 1. The number of sulfone groups is 1. The maximum atomic E-state index is 11.9. The van der Waals surface area contributed by atoms with Gasteiger partial charge in [-0.3, -0.25) is 4.79 Å². The summed E-state index contributed by atoms with van der Waals surface area (Å²) in [7, 11) is -3.23. The first-order valence-electron chi connectivity index (χ1n) is 5.73. The summed E-state index contributed by atoms with van der Waals surface area (Å²) >= 11 is 1.34. The molecule has 102 valence electrons. The fourth-order valence-electron chi connectivity index (χ4n) is 1.87. The molecule has 7 heteroatoms. The van der Waals surface area contributed by atoms with E-state index in [1.165, 1.54) is 23.5 Å². The second-order valence-electron chi connectivity index (χ2n) is 4.35. The van der Waals surface area contributed by atoms with E-state index in [1.54, 1.807) is 18.2 Å². The number of aromatic amines is 1. The molecule has 0 bridgehead atoms. The van der Waals surface area contributed by atoms with Crippen molar-refractivity contribution in [2.75, 3.05) is 6.26 Å². The lowest BCUT2D eigenvalue weighted by atomic mass is 10.2. The Balaban J connectivity index is 2.13. The molecule has 0 aliphatic carbocycles. The standard InChI is InChI=1S/C13H10N2O3S2/c1-20(17,18)9-4-2-8(3-5-9)12-14-10-6-7-19-11(10)13(16)15-12/h2-7H,1H3,(H,14,15,16). The predicted octanol–water partition coefficient (Wildman–Crippen LogP) is 2.06. The average molecular weight is 306 g/mol. The van der Waals surface area contributed by atoms with Crippen LogP contribution in [0.3, 0.4) is 0 Å². The minimum atomic E-state index is -3.23. The molecular weight excluding hydrogens is 296 g/mol. The number of nitrogens with zero attached hydrogens (tertiary/aromatic N) is 1. The van der Waals surface area contributed by atoms with Crippen LogP contribution >= 0.6 is 11.3 Å². The Labute approximate surface area is 118 Å². The van der Waals surface area contributed by atoms with Crippen molar-refractivity contribution in [3.63, 3.8) is 0 Å². The minimum absolute atomic E-state index is 0.188. The van der Waals surface area contributed by atoms with Crippen LogP contribution in [0.4, 0.5) is 0 Å². The Kier molecular flexibility index (Phi) is 2.95. The molecule has 1 N–H and O–H groups in total. The fraction of sp³-hybridized carbons (Fsp3) is 0.0769. The molecule has 0 saturated carbocycles. The van der Waals surface area contributed by atoms with E-state index in [4.69, 9.17) is 0 Å². The fourth-order valence-corrected chi connectivity index (χ4v) is 3.23. The zero-order valence-corrected chi connectivity index (χ0v) is 12.1. The highest BCUT2D eigenvalue weighted by molar-refractivity contribution is 7.90. The van der Waals surface area contributed by atoms with E-state index < -0.39 is 9.84 Å². The Morgan fingerprint density at radius 2 is 1.85 bits per heavy atom.